The van der Waals surface area contributed by atoms with Crippen molar-refractivity contribution < 1.29 is 18.3 Å². The Morgan fingerprint density at radius 1 is 1.71 bits per heavy atom. The highest BCUT2D eigenvalue weighted by atomic mass is 32.2. The fourth-order valence-electron chi connectivity index (χ4n) is 0.824. The number of nitrogens with one attached hydrogen (secondary N) is 1. The molecule has 0 spiro atoms. The standard InChI is InChI=1S/C6H8N2O4S2/c1-2-8-14(11,12)6-4(5(9)10)7-3-13-6/h3,8H,2H2,1H3,(H,9,10). The molecule has 0 aromatic carbocycles. The summed E-state index contributed by atoms with van der Waals surface area (Å²) in [5.74, 6) is -1.34. The molecule has 8 heteroatoms. The summed E-state index contributed by atoms with van der Waals surface area (Å²) in [6.07, 6.45) is 0. The molecule has 6 nitrogen and oxygen atoms in total. The number of hydrogen-bond donors (Lipinski definition) is 2. The number of sulfonamides is 1. The van der Waals surface area contributed by atoms with Crippen LogP contribution in [0.5, 0.6) is 0 Å². The van der Waals surface area contributed by atoms with Gasteiger partial charge in [-0.25, -0.2) is 22.9 Å². The van der Waals surface area contributed by atoms with Crippen LogP contribution in [0, 0.1) is 0 Å². The first-order valence-corrected chi connectivity index (χ1v) is 6.01. The fraction of sp³-hybridized carbons (Fsp3) is 0.333. The second kappa shape index (κ2) is 4.03. The van der Waals surface area contributed by atoms with E-state index in [0.29, 0.717) is 0 Å². The Labute approximate surface area is 84.7 Å². The summed E-state index contributed by atoms with van der Waals surface area (Å²) < 4.78 is 24.8. The van der Waals surface area contributed by atoms with Gasteiger partial charge in [-0.05, 0) is 0 Å². The first-order valence-electron chi connectivity index (χ1n) is 3.65. The van der Waals surface area contributed by atoms with E-state index in [2.05, 4.69) is 9.71 Å². The number of hydrogen-bond acceptors (Lipinski definition) is 5. The van der Waals surface area contributed by atoms with Gasteiger partial charge in [0, 0.05) is 6.54 Å². The lowest BCUT2D eigenvalue weighted by Crippen LogP contribution is -2.24. The van der Waals surface area contributed by atoms with Crippen LogP contribution in [-0.4, -0.2) is 31.0 Å². The van der Waals surface area contributed by atoms with Crippen LogP contribution >= 0.6 is 11.3 Å². The van der Waals surface area contributed by atoms with Crippen LogP contribution in [0.25, 0.3) is 0 Å². The van der Waals surface area contributed by atoms with Gasteiger partial charge in [0.15, 0.2) is 9.90 Å². The van der Waals surface area contributed by atoms with Crippen molar-refractivity contribution in [1.82, 2.24) is 9.71 Å². The number of rotatable bonds is 4. The van der Waals surface area contributed by atoms with Crippen LogP contribution in [-0.2, 0) is 10.0 Å². The van der Waals surface area contributed by atoms with Crippen molar-refractivity contribution in [2.24, 2.45) is 0 Å². The number of thiazole rings is 1. The molecular formula is C6H8N2O4S2. The third-order valence-corrected chi connectivity index (χ3v) is 4.23. The Morgan fingerprint density at radius 3 is 2.86 bits per heavy atom. The Kier molecular flexibility index (Phi) is 3.19. The maximum absolute atomic E-state index is 11.4. The van der Waals surface area contributed by atoms with Gasteiger partial charge in [0.25, 0.3) is 10.0 Å². The summed E-state index contributed by atoms with van der Waals surface area (Å²) in [5, 5.41) is 8.64. The molecule has 0 bridgehead atoms. The molecule has 0 saturated heterocycles. The van der Waals surface area contributed by atoms with Gasteiger partial charge < -0.3 is 5.11 Å². The predicted octanol–water partition coefficient (Wildman–Crippen LogP) is 0.139. The molecule has 0 radical (unpaired) electrons. The number of aromatic nitrogens is 1. The van der Waals surface area contributed by atoms with Gasteiger partial charge in [-0.2, -0.15) is 0 Å². The Bertz CT molecular complexity index is 436. The van der Waals surface area contributed by atoms with Gasteiger partial charge >= 0.3 is 5.97 Å². The number of nitrogens with zero attached hydrogens (tertiary/aromatic N) is 1. The molecule has 0 amide bonds. The average Bonchev–Trinajstić information content (AvgIpc) is 2.51. The maximum atomic E-state index is 11.4. The van der Waals surface area contributed by atoms with Crippen molar-refractivity contribution in [3.63, 3.8) is 0 Å². The lowest BCUT2D eigenvalue weighted by atomic mass is 10.5. The predicted molar refractivity (Wildman–Crippen MR) is 49.9 cm³/mol. The van der Waals surface area contributed by atoms with Gasteiger partial charge in [-0.15, -0.1) is 11.3 Å². The molecule has 14 heavy (non-hydrogen) atoms. The summed E-state index contributed by atoms with van der Waals surface area (Å²) in [6.45, 7) is 1.82. The first kappa shape index (κ1) is 11.1. The summed E-state index contributed by atoms with van der Waals surface area (Å²) in [5.41, 5.74) is 0.754. The van der Waals surface area contributed by atoms with Crippen molar-refractivity contribution in [2.45, 2.75) is 11.1 Å². The Morgan fingerprint density at radius 2 is 2.36 bits per heavy atom. The molecule has 2 N–H and O–H groups in total. The molecule has 1 aromatic heterocycles. The Balaban J connectivity index is 3.19. The third kappa shape index (κ3) is 2.08. The zero-order valence-electron chi connectivity index (χ0n) is 7.22. The molecule has 0 fully saturated rings. The monoisotopic (exact) mass is 236 g/mol. The number of carboxylic acids is 1. The van der Waals surface area contributed by atoms with E-state index in [0.717, 1.165) is 11.3 Å². The molecule has 0 aliphatic rings. The molecular weight excluding hydrogens is 228 g/mol. The molecule has 1 heterocycles. The molecule has 0 unspecified atom stereocenters. The number of carbonyl (C=O) groups is 1. The van der Waals surface area contributed by atoms with Gasteiger partial charge in [0.1, 0.15) is 0 Å². The lowest BCUT2D eigenvalue weighted by Gasteiger charge is -2.01. The molecule has 0 aliphatic carbocycles. The van der Waals surface area contributed by atoms with Crippen LogP contribution in [0.1, 0.15) is 17.4 Å². The Hall–Kier alpha value is -0.990. The fourth-order valence-corrected chi connectivity index (χ4v) is 3.05. The largest absolute Gasteiger partial charge is 0.476 e. The molecule has 1 rings (SSSR count). The van der Waals surface area contributed by atoms with E-state index >= 15 is 0 Å². The van der Waals surface area contributed by atoms with E-state index in [1.165, 1.54) is 5.51 Å². The van der Waals surface area contributed by atoms with E-state index in [9.17, 15) is 13.2 Å². The summed E-state index contributed by atoms with van der Waals surface area (Å²) in [7, 11) is -3.72. The van der Waals surface area contributed by atoms with E-state index < -0.39 is 21.7 Å². The van der Waals surface area contributed by atoms with E-state index in [-0.39, 0.29) is 10.8 Å². The number of aromatic carboxylic acids is 1. The van der Waals surface area contributed by atoms with Gasteiger partial charge in [-0.1, -0.05) is 6.92 Å². The second-order valence-corrected chi connectivity index (χ2v) is 5.11. The van der Waals surface area contributed by atoms with E-state index in [4.69, 9.17) is 5.11 Å². The normalized spacial score (nSPS) is 11.5. The number of carboxylic acid groups (broad SMARTS) is 1. The molecule has 0 aliphatic heterocycles. The van der Waals surface area contributed by atoms with Crippen LogP contribution in [0.15, 0.2) is 9.72 Å². The SMILES string of the molecule is CCNS(=O)(=O)c1scnc1C(=O)O. The van der Waals surface area contributed by atoms with Gasteiger partial charge in [-0.3, -0.25) is 0 Å². The van der Waals surface area contributed by atoms with Crippen molar-refractivity contribution in [1.29, 1.82) is 0 Å². The zero-order valence-corrected chi connectivity index (χ0v) is 8.85. The smallest absolute Gasteiger partial charge is 0.356 e. The lowest BCUT2D eigenvalue weighted by molar-refractivity contribution is 0.0687. The minimum atomic E-state index is -3.72. The second-order valence-electron chi connectivity index (χ2n) is 2.29. The maximum Gasteiger partial charge on any atom is 0.356 e. The van der Waals surface area contributed by atoms with Crippen LogP contribution in [0.4, 0.5) is 0 Å². The van der Waals surface area contributed by atoms with Crippen molar-refractivity contribution in [2.75, 3.05) is 6.54 Å². The van der Waals surface area contributed by atoms with E-state index in [1.54, 1.807) is 6.92 Å². The highest BCUT2D eigenvalue weighted by Crippen LogP contribution is 2.19. The van der Waals surface area contributed by atoms with Crippen molar-refractivity contribution >= 4 is 27.3 Å². The zero-order chi connectivity index (χ0) is 10.8. The summed E-state index contributed by atoms with van der Waals surface area (Å²) in [4.78, 5) is 14.0. The van der Waals surface area contributed by atoms with Crippen molar-refractivity contribution in [3.8, 4) is 0 Å². The molecule has 0 atom stereocenters. The minimum absolute atomic E-state index is 0.208. The van der Waals surface area contributed by atoms with Crippen LogP contribution < -0.4 is 4.72 Å². The highest BCUT2D eigenvalue weighted by Gasteiger charge is 2.24. The summed E-state index contributed by atoms with van der Waals surface area (Å²) in [6, 6.07) is 0. The van der Waals surface area contributed by atoms with Gasteiger partial charge in [0.2, 0.25) is 0 Å². The first-order chi connectivity index (χ1) is 6.49. The minimum Gasteiger partial charge on any atom is -0.476 e. The topological polar surface area (TPSA) is 96.4 Å². The van der Waals surface area contributed by atoms with Crippen molar-refractivity contribution in [3.05, 3.63) is 11.2 Å². The average molecular weight is 236 g/mol. The molecule has 1 aromatic rings. The van der Waals surface area contributed by atoms with Gasteiger partial charge in [0.05, 0.1) is 5.51 Å². The van der Waals surface area contributed by atoms with Crippen LogP contribution in [0.2, 0.25) is 0 Å². The quantitative estimate of drug-likeness (QED) is 0.775. The van der Waals surface area contributed by atoms with Crippen LogP contribution in [0.3, 0.4) is 0 Å². The molecule has 78 valence electrons. The van der Waals surface area contributed by atoms with E-state index in [1.807, 2.05) is 0 Å². The summed E-state index contributed by atoms with van der Waals surface area (Å²) >= 11 is 0.782. The highest BCUT2D eigenvalue weighted by molar-refractivity contribution is 7.91. The third-order valence-electron chi connectivity index (χ3n) is 1.32. The molecule has 0 saturated carbocycles.